The van der Waals surface area contributed by atoms with Gasteiger partial charge in [-0.05, 0) is 31.2 Å². The Balaban J connectivity index is 2.93. The Bertz CT molecular complexity index is 522. The van der Waals surface area contributed by atoms with Crippen molar-refractivity contribution in [2.75, 3.05) is 7.05 Å². The van der Waals surface area contributed by atoms with Crippen LogP contribution in [0.15, 0.2) is 28.9 Å². The molecule has 7 nitrogen and oxygen atoms in total. The maximum absolute atomic E-state index is 12.2. The van der Waals surface area contributed by atoms with Crippen LogP contribution in [0.1, 0.15) is 12.8 Å². The second kappa shape index (κ2) is 6.55. The van der Waals surface area contributed by atoms with Crippen LogP contribution in [-0.4, -0.2) is 48.6 Å². The van der Waals surface area contributed by atoms with Crippen molar-refractivity contribution < 1.29 is 14.4 Å². The normalized spacial score (nSPS) is 21.4. The second-order valence-electron chi connectivity index (χ2n) is 4.24. The number of amidine groups is 1. The predicted octanol–water partition coefficient (Wildman–Crippen LogP) is 0.0403. The maximum atomic E-state index is 12.2. The lowest BCUT2D eigenvalue weighted by Gasteiger charge is -2.21. The fourth-order valence-electron chi connectivity index (χ4n) is 1.84. The number of amides is 2. The van der Waals surface area contributed by atoms with E-state index in [0.717, 1.165) is 0 Å². The highest BCUT2D eigenvalue weighted by Gasteiger charge is 2.30. The molecule has 2 N–H and O–H groups in total. The number of aldehydes is 1. The number of aliphatic imine (C=N–C) groups is 1. The summed E-state index contributed by atoms with van der Waals surface area (Å²) in [5.74, 6) is -1.66. The number of nitrogens with zero attached hydrogens (tertiary/aromatic N) is 2. The van der Waals surface area contributed by atoms with Gasteiger partial charge in [0.05, 0.1) is 0 Å². The van der Waals surface area contributed by atoms with Crippen molar-refractivity contribution in [1.29, 1.82) is 5.41 Å². The molecule has 0 radical (unpaired) electrons. The molecule has 106 valence electrons. The van der Waals surface area contributed by atoms with Gasteiger partial charge in [-0.3, -0.25) is 19.8 Å². The number of hydrogen-bond donors (Lipinski definition) is 2. The molecule has 1 aliphatic heterocycles. The number of carbonyl (C=O) groups excluding carboxylic acids is 3. The number of allylic oxidation sites excluding steroid dienone is 2. The summed E-state index contributed by atoms with van der Waals surface area (Å²) < 4.78 is 0. The summed E-state index contributed by atoms with van der Waals surface area (Å²) in [5, 5.41) is 9.66. The van der Waals surface area contributed by atoms with Gasteiger partial charge in [0.2, 0.25) is 11.7 Å². The zero-order chi connectivity index (χ0) is 15.3. The maximum Gasteiger partial charge on any atom is 0.289 e. The summed E-state index contributed by atoms with van der Waals surface area (Å²) >= 11 is 0. The SMILES string of the molecule is C=NC(=N)C(=O)N[C@H]1CC/C(=C/C=O)C(=C)N(C)C1=O. The molecule has 0 aromatic heterocycles. The van der Waals surface area contributed by atoms with Crippen molar-refractivity contribution in [2.45, 2.75) is 18.9 Å². The standard InChI is InChI=1S/C13H16N4O3/c1-8-9(6-7-18)4-5-10(13(20)17(8)3)16-12(19)11(14)15-2/h6-7,10,14H,1-2,4-5H2,3H3,(H,16,19)/b9-6-,14-11?/t10-/m0/s1. The van der Waals surface area contributed by atoms with Gasteiger partial charge in [0.25, 0.3) is 5.91 Å². The molecule has 1 rings (SSSR count). The van der Waals surface area contributed by atoms with Crippen LogP contribution in [0.25, 0.3) is 0 Å². The van der Waals surface area contributed by atoms with E-state index in [9.17, 15) is 14.4 Å². The molecule has 1 saturated heterocycles. The van der Waals surface area contributed by atoms with Crippen LogP contribution < -0.4 is 5.32 Å². The molecule has 2 amide bonds. The zero-order valence-electron chi connectivity index (χ0n) is 11.2. The minimum atomic E-state index is -0.788. The lowest BCUT2D eigenvalue weighted by Crippen LogP contribution is -2.47. The van der Waals surface area contributed by atoms with Crippen LogP contribution in [0.5, 0.6) is 0 Å². The minimum Gasteiger partial charge on any atom is -0.338 e. The lowest BCUT2D eigenvalue weighted by molar-refractivity contribution is -0.132. The van der Waals surface area contributed by atoms with E-state index in [0.29, 0.717) is 30.4 Å². The zero-order valence-corrected chi connectivity index (χ0v) is 11.2. The predicted molar refractivity (Wildman–Crippen MR) is 74.5 cm³/mol. The molecule has 0 spiro atoms. The summed E-state index contributed by atoms with van der Waals surface area (Å²) in [6.45, 7) is 6.85. The van der Waals surface area contributed by atoms with Gasteiger partial charge in [-0.25, -0.2) is 4.99 Å². The van der Waals surface area contributed by atoms with Crippen LogP contribution in [0.4, 0.5) is 0 Å². The van der Waals surface area contributed by atoms with E-state index in [-0.39, 0.29) is 5.91 Å². The third-order valence-electron chi connectivity index (χ3n) is 3.05. The van der Waals surface area contributed by atoms with Crippen molar-refractivity contribution in [3.63, 3.8) is 0 Å². The summed E-state index contributed by atoms with van der Waals surface area (Å²) in [5.41, 5.74) is 1.07. The highest BCUT2D eigenvalue weighted by Crippen LogP contribution is 2.23. The average molecular weight is 276 g/mol. The monoisotopic (exact) mass is 276 g/mol. The average Bonchev–Trinajstić information content (AvgIpc) is 2.54. The van der Waals surface area contributed by atoms with Crippen molar-refractivity contribution in [2.24, 2.45) is 4.99 Å². The van der Waals surface area contributed by atoms with Gasteiger partial charge in [0, 0.05) is 12.7 Å². The molecule has 1 fully saturated rings. The van der Waals surface area contributed by atoms with Gasteiger partial charge < -0.3 is 10.2 Å². The van der Waals surface area contributed by atoms with Crippen molar-refractivity contribution in [1.82, 2.24) is 10.2 Å². The third kappa shape index (κ3) is 3.25. The molecule has 0 aromatic rings. The van der Waals surface area contributed by atoms with Crippen LogP contribution >= 0.6 is 0 Å². The van der Waals surface area contributed by atoms with E-state index in [1.807, 2.05) is 0 Å². The molecular formula is C13H16N4O3. The number of carbonyl (C=O) groups is 3. The highest BCUT2D eigenvalue weighted by molar-refractivity contribution is 6.37. The third-order valence-corrected chi connectivity index (χ3v) is 3.05. The molecule has 0 aliphatic carbocycles. The molecule has 0 unspecified atom stereocenters. The summed E-state index contributed by atoms with van der Waals surface area (Å²) in [7, 11) is 1.52. The Morgan fingerprint density at radius 2 is 2.25 bits per heavy atom. The highest BCUT2D eigenvalue weighted by atomic mass is 16.2. The Hall–Kier alpha value is -2.57. The quantitative estimate of drug-likeness (QED) is 0.322. The van der Waals surface area contributed by atoms with Crippen LogP contribution in [-0.2, 0) is 14.4 Å². The van der Waals surface area contributed by atoms with Crippen LogP contribution in [0.3, 0.4) is 0 Å². The van der Waals surface area contributed by atoms with Crippen LogP contribution in [0.2, 0.25) is 0 Å². The molecule has 1 heterocycles. The summed E-state index contributed by atoms with van der Waals surface area (Å²) in [4.78, 5) is 38.8. The Labute approximate surface area is 116 Å². The van der Waals surface area contributed by atoms with Gasteiger partial charge in [0.15, 0.2) is 0 Å². The Morgan fingerprint density at radius 1 is 1.60 bits per heavy atom. The second-order valence-corrected chi connectivity index (χ2v) is 4.24. The molecule has 0 saturated carbocycles. The Morgan fingerprint density at radius 3 is 2.80 bits per heavy atom. The number of hydrogen-bond acceptors (Lipinski definition) is 4. The van der Waals surface area contributed by atoms with E-state index in [2.05, 4.69) is 23.6 Å². The summed E-state index contributed by atoms with van der Waals surface area (Å²) in [6.07, 6.45) is 2.73. The van der Waals surface area contributed by atoms with E-state index >= 15 is 0 Å². The molecule has 1 aliphatic rings. The topological polar surface area (TPSA) is 103 Å². The first kappa shape index (κ1) is 15.5. The van der Waals surface area contributed by atoms with E-state index in [4.69, 9.17) is 5.41 Å². The molecule has 0 bridgehead atoms. The fourth-order valence-corrected chi connectivity index (χ4v) is 1.84. The summed E-state index contributed by atoms with van der Waals surface area (Å²) in [6, 6.07) is -0.788. The van der Waals surface area contributed by atoms with Crippen molar-refractivity contribution in [3.8, 4) is 0 Å². The van der Waals surface area contributed by atoms with Gasteiger partial charge in [-0.1, -0.05) is 6.58 Å². The Kier molecular flexibility index (Phi) is 5.08. The molecule has 0 aromatic carbocycles. The van der Waals surface area contributed by atoms with Crippen molar-refractivity contribution in [3.05, 3.63) is 23.9 Å². The van der Waals surface area contributed by atoms with Crippen molar-refractivity contribution >= 4 is 30.7 Å². The lowest BCUT2D eigenvalue weighted by atomic mass is 10.1. The molecule has 1 atom stereocenters. The number of rotatable bonds is 2. The van der Waals surface area contributed by atoms with Gasteiger partial charge >= 0.3 is 0 Å². The molecular weight excluding hydrogens is 260 g/mol. The first-order valence-electron chi connectivity index (χ1n) is 5.89. The van der Waals surface area contributed by atoms with Crippen LogP contribution in [0, 0.1) is 5.41 Å². The number of nitrogens with one attached hydrogen (secondary N) is 2. The van der Waals surface area contributed by atoms with E-state index in [1.165, 1.54) is 18.0 Å². The fraction of sp³-hybridized carbons (Fsp3) is 0.308. The molecule has 20 heavy (non-hydrogen) atoms. The van der Waals surface area contributed by atoms with Gasteiger partial charge in [-0.2, -0.15) is 0 Å². The van der Waals surface area contributed by atoms with E-state index < -0.39 is 17.8 Å². The van der Waals surface area contributed by atoms with Gasteiger partial charge in [0.1, 0.15) is 12.3 Å². The smallest absolute Gasteiger partial charge is 0.289 e. The minimum absolute atomic E-state index is 0.317. The first-order chi connectivity index (χ1) is 9.42. The number of likely N-dealkylation sites (N-methyl/N-ethyl adjacent to an activating group) is 1. The largest absolute Gasteiger partial charge is 0.338 e. The van der Waals surface area contributed by atoms with E-state index in [1.54, 1.807) is 0 Å². The van der Waals surface area contributed by atoms with Gasteiger partial charge in [-0.15, -0.1) is 0 Å². The number of likely N-dealkylation sites (tertiary alicyclic amines) is 1. The molecule has 7 heteroatoms. The first-order valence-corrected chi connectivity index (χ1v) is 5.89.